The predicted octanol–water partition coefficient (Wildman–Crippen LogP) is 5.70. The molecule has 0 bridgehead atoms. The summed E-state index contributed by atoms with van der Waals surface area (Å²) in [7, 11) is 1.65. The second-order valence-corrected chi connectivity index (χ2v) is 10.6. The summed E-state index contributed by atoms with van der Waals surface area (Å²) >= 11 is 1.73. The average molecular weight is 500 g/mol. The number of carbonyl (C=O) groups is 1. The first-order valence-corrected chi connectivity index (χ1v) is 13.7. The minimum atomic E-state index is -0.512. The van der Waals surface area contributed by atoms with Crippen molar-refractivity contribution in [3.05, 3.63) is 30.1 Å². The Labute approximate surface area is 210 Å². The standard InChI is InChI=1S/C27H46FNO4S/c1-6-25(33-27(31)22(4)19-30)26(32-5)12-15-29-14-8-9-20(2)17-21(3)13-16-34-24-11-7-10-23(28)18-24/h7,10-11,18,20-22,25-26,29-30H,6,8-9,12-17,19H2,1-5H3. The Morgan fingerprint density at radius 3 is 2.50 bits per heavy atom. The third-order valence-corrected chi connectivity index (χ3v) is 7.23. The molecule has 0 spiro atoms. The second kappa shape index (κ2) is 18.2. The summed E-state index contributed by atoms with van der Waals surface area (Å²) in [5, 5.41) is 12.6. The number of aliphatic hydroxyl groups excluding tert-OH is 1. The van der Waals surface area contributed by atoms with Crippen LogP contribution in [0.2, 0.25) is 0 Å². The van der Waals surface area contributed by atoms with Crippen LogP contribution in [0.5, 0.6) is 0 Å². The van der Waals surface area contributed by atoms with E-state index in [2.05, 4.69) is 19.2 Å². The Kier molecular flexibility index (Phi) is 16.5. The molecular weight excluding hydrogens is 453 g/mol. The topological polar surface area (TPSA) is 67.8 Å². The molecule has 0 aliphatic rings. The van der Waals surface area contributed by atoms with E-state index < -0.39 is 5.92 Å². The monoisotopic (exact) mass is 499 g/mol. The Hall–Kier alpha value is -1.15. The smallest absolute Gasteiger partial charge is 0.311 e. The quantitative estimate of drug-likeness (QED) is 0.145. The fourth-order valence-corrected chi connectivity index (χ4v) is 5.15. The Bertz CT molecular complexity index is 678. The van der Waals surface area contributed by atoms with Crippen LogP contribution in [0, 0.1) is 23.6 Å². The summed E-state index contributed by atoms with van der Waals surface area (Å²) in [6.45, 7) is 9.83. The van der Waals surface area contributed by atoms with Crippen molar-refractivity contribution in [2.75, 3.05) is 32.6 Å². The lowest BCUT2D eigenvalue weighted by Gasteiger charge is -2.26. The van der Waals surface area contributed by atoms with Crippen molar-refractivity contribution in [2.24, 2.45) is 17.8 Å². The molecule has 5 nitrogen and oxygen atoms in total. The minimum absolute atomic E-state index is 0.155. The molecule has 0 aromatic heterocycles. The normalized spacial score (nSPS) is 16.0. The van der Waals surface area contributed by atoms with Crippen molar-refractivity contribution in [2.45, 2.75) is 83.3 Å². The number of halogens is 1. The molecule has 2 N–H and O–H groups in total. The molecule has 0 saturated heterocycles. The molecule has 0 heterocycles. The van der Waals surface area contributed by atoms with E-state index in [0.717, 1.165) is 43.0 Å². The number of thioether (sulfide) groups is 1. The molecule has 1 rings (SSSR count). The van der Waals surface area contributed by atoms with Gasteiger partial charge in [0, 0.05) is 12.0 Å². The van der Waals surface area contributed by atoms with Crippen LogP contribution >= 0.6 is 11.8 Å². The lowest BCUT2D eigenvalue weighted by Crippen LogP contribution is -2.36. The first kappa shape index (κ1) is 30.9. The van der Waals surface area contributed by atoms with E-state index in [1.807, 2.05) is 13.0 Å². The van der Waals surface area contributed by atoms with E-state index in [9.17, 15) is 9.18 Å². The summed E-state index contributed by atoms with van der Waals surface area (Å²) in [5.41, 5.74) is 0. The van der Waals surface area contributed by atoms with Crippen molar-refractivity contribution in [1.82, 2.24) is 5.32 Å². The van der Waals surface area contributed by atoms with Gasteiger partial charge in [-0.1, -0.05) is 26.8 Å². The molecule has 1 aromatic carbocycles. The highest BCUT2D eigenvalue weighted by Crippen LogP contribution is 2.24. The number of aliphatic hydroxyl groups is 1. The lowest BCUT2D eigenvalue weighted by molar-refractivity contribution is -0.162. The number of nitrogens with one attached hydrogen (secondary N) is 1. The van der Waals surface area contributed by atoms with E-state index in [4.69, 9.17) is 14.6 Å². The van der Waals surface area contributed by atoms with Crippen LogP contribution in [0.4, 0.5) is 4.39 Å². The molecule has 0 radical (unpaired) electrons. The van der Waals surface area contributed by atoms with Crippen LogP contribution in [0.25, 0.3) is 0 Å². The fraction of sp³-hybridized carbons (Fsp3) is 0.741. The number of methoxy groups -OCH3 is 1. The summed E-state index contributed by atoms with van der Waals surface area (Å²) < 4.78 is 24.4. The van der Waals surface area contributed by atoms with Gasteiger partial charge < -0.3 is 19.9 Å². The van der Waals surface area contributed by atoms with Gasteiger partial charge in [0.05, 0.1) is 18.6 Å². The van der Waals surface area contributed by atoms with Gasteiger partial charge in [-0.2, -0.15) is 0 Å². The number of carbonyl (C=O) groups excluding carboxylic acids is 1. The lowest BCUT2D eigenvalue weighted by atomic mass is 9.92. The average Bonchev–Trinajstić information content (AvgIpc) is 2.81. The van der Waals surface area contributed by atoms with Crippen LogP contribution in [0.15, 0.2) is 29.2 Å². The third kappa shape index (κ3) is 13.1. The number of benzene rings is 1. The predicted molar refractivity (Wildman–Crippen MR) is 139 cm³/mol. The van der Waals surface area contributed by atoms with Gasteiger partial charge >= 0.3 is 5.97 Å². The van der Waals surface area contributed by atoms with Crippen LogP contribution in [-0.4, -0.2) is 55.8 Å². The van der Waals surface area contributed by atoms with Gasteiger partial charge in [-0.3, -0.25) is 4.79 Å². The molecule has 0 saturated carbocycles. The maximum Gasteiger partial charge on any atom is 0.311 e. The van der Waals surface area contributed by atoms with Crippen LogP contribution in [-0.2, 0) is 14.3 Å². The summed E-state index contributed by atoms with van der Waals surface area (Å²) in [6.07, 6.45) is 5.67. The van der Waals surface area contributed by atoms with E-state index >= 15 is 0 Å². The van der Waals surface area contributed by atoms with Gasteiger partial charge in [0.1, 0.15) is 11.9 Å². The molecular formula is C27H46FNO4S. The summed E-state index contributed by atoms with van der Waals surface area (Å²) in [5.74, 6) is 1.31. The highest BCUT2D eigenvalue weighted by Gasteiger charge is 2.25. The summed E-state index contributed by atoms with van der Waals surface area (Å²) in [4.78, 5) is 13.0. The molecule has 0 aliphatic carbocycles. The van der Waals surface area contributed by atoms with Crippen molar-refractivity contribution in [1.29, 1.82) is 0 Å². The molecule has 5 unspecified atom stereocenters. The highest BCUT2D eigenvalue weighted by molar-refractivity contribution is 7.99. The largest absolute Gasteiger partial charge is 0.459 e. The van der Waals surface area contributed by atoms with Gasteiger partial charge in [0.25, 0.3) is 0 Å². The molecule has 34 heavy (non-hydrogen) atoms. The van der Waals surface area contributed by atoms with Gasteiger partial charge in [-0.15, -0.1) is 11.8 Å². The number of hydrogen-bond donors (Lipinski definition) is 2. The van der Waals surface area contributed by atoms with Gasteiger partial charge in [0.15, 0.2) is 0 Å². The van der Waals surface area contributed by atoms with Crippen molar-refractivity contribution < 1.29 is 23.8 Å². The zero-order valence-corrected chi connectivity index (χ0v) is 22.5. The second-order valence-electron chi connectivity index (χ2n) is 9.46. The first-order chi connectivity index (χ1) is 16.3. The van der Waals surface area contributed by atoms with Gasteiger partial charge in [-0.25, -0.2) is 4.39 Å². The number of esters is 1. The zero-order valence-electron chi connectivity index (χ0n) is 21.7. The van der Waals surface area contributed by atoms with Crippen LogP contribution < -0.4 is 5.32 Å². The Morgan fingerprint density at radius 2 is 1.85 bits per heavy atom. The van der Waals surface area contributed by atoms with Crippen LogP contribution in [0.3, 0.4) is 0 Å². The zero-order chi connectivity index (χ0) is 25.3. The molecule has 0 amide bonds. The number of hydrogen-bond acceptors (Lipinski definition) is 6. The molecule has 1 aromatic rings. The molecule has 196 valence electrons. The third-order valence-electron chi connectivity index (χ3n) is 6.20. The summed E-state index contributed by atoms with van der Waals surface area (Å²) in [6, 6.07) is 6.82. The van der Waals surface area contributed by atoms with Crippen molar-refractivity contribution >= 4 is 17.7 Å². The van der Waals surface area contributed by atoms with Crippen molar-refractivity contribution in [3.63, 3.8) is 0 Å². The van der Waals surface area contributed by atoms with Crippen LogP contribution in [0.1, 0.15) is 66.2 Å². The Morgan fingerprint density at radius 1 is 1.12 bits per heavy atom. The maximum atomic E-state index is 13.3. The number of rotatable bonds is 19. The first-order valence-electron chi connectivity index (χ1n) is 12.7. The molecule has 7 heteroatoms. The molecule has 0 fully saturated rings. The highest BCUT2D eigenvalue weighted by atomic mass is 32.2. The van der Waals surface area contributed by atoms with Gasteiger partial charge in [-0.05, 0) is 94.3 Å². The Balaban J connectivity index is 2.16. The maximum absolute atomic E-state index is 13.3. The van der Waals surface area contributed by atoms with E-state index in [1.54, 1.807) is 37.9 Å². The number of ether oxygens (including phenoxy) is 2. The molecule has 5 atom stereocenters. The van der Waals surface area contributed by atoms with E-state index in [0.29, 0.717) is 18.3 Å². The fourth-order valence-electron chi connectivity index (χ4n) is 4.02. The van der Waals surface area contributed by atoms with E-state index in [-0.39, 0.29) is 30.6 Å². The molecule has 0 aliphatic heterocycles. The minimum Gasteiger partial charge on any atom is -0.459 e. The van der Waals surface area contributed by atoms with Gasteiger partial charge in [0.2, 0.25) is 0 Å². The van der Waals surface area contributed by atoms with E-state index in [1.165, 1.54) is 18.9 Å². The van der Waals surface area contributed by atoms with Crippen molar-refractivity contribution in [3.8, 4) is 0 Å². The SMILES string of the molecule is CCC(OC(=O)C(C)CO)C(CCNCCCC(C)CC(C)CCSc1cccc(F)c1)OC.